The molecule has 1 aromatic carbocycles. The number of Topliss-reactive ketones (excluding diaryl/α,β-unsaturated/α-hetero) is 1. The van der Waals surface area contributed by atoms with Crippen LogP contribution in [-0.2, 0) is 4.79 Å². The van der Waals surface area contributed by atoms with Gasteiger partial charge in [0.05, 0.1) is 5.56 Å². The van der Waals surface area contributed by atoms with Gasteiger partial charge < -0.3 is 4.90 Å². The Morgan fingerprint density at radius 2 is 1.77 bits per heavy atom. The largest absolute Gasteiger partial charge is 0.377 e. The molecule has 5 nitrogen and oxygen atoms in total. The van der Waals surface area contributed by atoms with E-state index in [1.54, 1.807) is 11.9 Å². The van der Waals surface area contributed by atoms with Crippen molar-refractivity contribution in [2.24, 2.45) is 5.11 Å². The molecule has 1 saturated heterocycles. The molecule has 0 atom stereocenters. The molecule has 22 heavy (non-hydrogen) atoms. The van der Waals surface area contributed by atoms with Crippen LogP contribution in [0.25, 0.3) is 16.5 Å². The second-order valence-corrected chi connectivity index (χ2v) is 4.73. The number of benzene rings is 1. The fraction of sp³-hybridized carbons (Fsp3) is 0.308. The third-order valence-electron chi connectivity index (χ3n) is 3.32. The predicted octanol–water partition coefficient (Wildman–Crippen LogP) is 3.82. The molecule has 2 rings (SSSR count). The molecule has 1 aromatic rings. The molecule has 0 saturated carbocycles. The average Bonchev–Trinajstić information content (AvgIpc) is 2.49. The van der Waals surface area contributed by atoms with Gasteiger partial charge in [-0.15, -0.1) is 0 Å². The zero-order valence-corrected chi connectivity index (χ0v) is 11.4. The van der Waals surface area contributed by atoms with Gasteiger partial charge in [0.2, 0.25) is 0 Å². The van der Waals surface area contributed by atoms with Crippen LogP contribution >= 0.6 is 0 Å². The number of hydrogen-bond donors (Lipinski definition) is 0. The maximum absolute atomic E-state index is 13.9. The van der Waals surface area contributed by atoms with Gasteiger partial charge in [-0.2, -0.15) is 0 Å². The first kappa shape index (κ1) is 15.8. The summed E-state index contributed by atoms with van der Waals surface area (Å²) in [5, 5.41) is 2.61. The molecule has 0 bridgehead atoms. The number of ketones is 1. The van der Waals surface area contributed by atoms with Crippen LogP contribution in [0.5, 0.6) is 0 Å². The van der Waals surface area contributed by atoms with Crippen LogP contribution in [-0.4, -0.2) is 24.3 Å². The molecule has 0 aliphatic carbocycles. The summed E-state index contributed by atoms with van der Waals surface area (Å²) in [6.07, 6.45) is 1.09. The van der Waals surface area contributed by atoms with Gasteiger partial charge in [0.15, 0.2) is 23.3 Å². The van der Waals surface area contributed by atoms with Gasteiger partial charge in [0.25, 0.3) is 0 Å². The van der Waals surface area contributed by atoms with Gasteiger partial charge in [-0.05, 0) is 11.6 Å². The molecule has 0 amide bonds. The van der Waals surface area contributed by atoms with Crippen molar-refractivity contribution in [3.05, 3.63) is 45.0 Å². The SMILES string of the molecule is CN1CCC(=O)CC1=Cc1c(F)c(F)c(N=[N+]=[N-])c(F)c1F. The molecule has 116 valence electrons. The van der Waals surface area contributed by atoms with E-state index in [9.17, 15) is 22.4 Å². The van der Waals surface area contributed by atoms with Gasteiger partial charge >= 0.3 is 0 Å². The number of halogens is 4. The van der Waals surface area contributed by atoms with Gasteiger partial charge in [-0.25, -0.2) is 17.6 Å². The Morgan fingerprint density at radius 3 is 2.32 bits per heavy atom. The highest BCUT2D eigenvalue weighted by molar-refractivity contribution is 5.83. The second kappa shape index (κ2) is 6.07. The summed E-state index contributed by atoms with van der Waals surface area (Å²) >= 11 is 0. The van der Waals surface area contributed by atoms with Crippen LogP contribution in [0.1, 0.15) is 18.4 Å². The van der Waals surface area contributed by atoms with E-state index in [4.69, 9.17) is 5.53 Å². The van der Waals surface area contributed by atoms with E-state index in [-0.39, 0.29) is 24.3 Å². The van der Waals surface area contributed by atoms with E-state index in [1.807, 2.05) is 0 Å². The van der Waals surface area contributed by atoms with Crippen molar-refractivity contribution < 1.29 is 22.4 Å². The number of piperidine rings is 1. The Balaban J connectivity index is 2.61. The van der Waals surface area contributed by atoms with Crippen molar-refractivity contribution in [3.8, 4) is 0 Å². The Kier molecular flexibility index (Phi) is 4.37. The topological polar surface area (TPSA) is 69.1 Å². The lowest BCUT2D eigenvalue weighted by molar-refractivity contribution is -0.120. The third-order valence-corrected chi connectivity index (χ3v) is 3.32. The van der Waals surface area contributed by atoms with Crippen LogP contribution in [0.2, 0.25) is 0 Å². The standard InChI is InChI=1S/C13H10F4N4O/c1-21-3-2-7(22)4-6(21)5-8-9(14)11(16)13(19-20-18)12(17)10(8)15/h5H,2-4H2,1H3. The van der Waals surface area contributed by atoms with E-state index in [0.717, 1.165) is 6.08 Å². The van der Waals surface area contributed by atoms with E-state index in [0.29, 0.717) is 6.54 Å². The molecule has 1 fully saturated rings. The van der Waals surface area contributed by atoms with Crippen molar-refractivity contribution in [3.63, 3.8) is 0 Å². The first-order chi connectivity index (χ1) is 10.4. The van der Waals surface area contributed by atoms with Gasteiger partial charge in [0, 0.05) is 37.0 Å². The molecule has 0 spiro atoms. The first-order valence-corrected chi connectivity index (χ1v) is 6.21. The zero-order valence-electron chi connectivity index (χ0n) is 11.4. The minimum Gasteiger partial charge on any atom is -0.377 e. The number of azide groups is 1. The minimum absolute atomic E-state index is 0.0866. The predicted molar refractivity (Wildman–Crippen MR) is 69.9 cm³/mol. The molecule has 0 unspecified atom stereocenters. The van der Waals surface area contributed by atoms with Crippen molar-refractivity contribution in [2.45, 2.75) is 12.8 Å². The normalized spacial score (nSPS) is 16.9. The number of allylic oxidation sites excluding steroid dienone is 1. The smallest absolute Gasteiger partial charge is 0.172 e. The molecule has 0 N–H and O–H groups in total. The summed E-state index contributed by atoms with van der Waals surface area (Å²) in [6.45, 7) is 0.343. The second-order valence-electron chi connectivity index (χ2n) is 4.73. The first-order valence-electron chi connectivity index (χ1n) is 6.21. The summed E-state index contributed by atoms with van der Waals surface area (Å²) < 4.78 is 55.1. The van der Waals surface area contributed by atoms with Crippen LogP contribution < -0.4 is 0 Å². The summed E-state index contributed by atoms with van der Waals surface area (Å²) in [5.74, 6) is -7.07. The molecule has 9 heteroatoms. The minimum atomic E-state index is -1.78. The number of carbonyl (C=O) groups is 1. The molecule has 1 aliphatic heterocycles. The number of likely N-dealkylation sites (tertiary alicyclic amines) is 1. The van der Waals surface area contributed by atoms with Crippen molar-refractivity contribution >= 4 is 17.5 Å². The quantitative estimate of drug-likeness (QED) is 0.274. The summed E-state index contributed by atoms with van der Waals surface area (Å²) in [7, 11) is 1.59. The summed E-state index contributed by atoms with van der Waals surface area (Å²) in [4.78, 5) is 15.1. The fourth-order valence-electron chi connectivity index (χ4n) is 2.09. The van der Waals surface area contributed by atoms with Crippen LogP contribution in [0.15, 0.2) is 10.8 Å². The molecule has 1 heterocycles. The fourth-order valence-corrected chi connectivity index (χ4v) is 2.09. The molecule has 0 aromatic heterocycles. The van der Waals surface area contributed by atoms with E-state index >= 15 is 0 Å². The Morgan fingerprint density at radius 1 is 1.18 bits per heavy atom. The van der Waals surface area contributed by atoms with Crippen LogP contribution in [0, 0.1) is 23.3 Å². The number of carbonyl (C=O) groups excluding carboxylic acids is 1. The Labute approximate surface area is 122 Å². The van der Waals surface area contributed by atoms with Crippen LogP contribution in [0.4, 0.5) is 23.2 Å². The monoisotopic (exact) mass is 314 g/mol. The molecular weight excluding hydrogens is 304 g/mol. The van der Waals surface area contributed by atoms with Gasteiger partial charge in [-0.1, -0.05) is 5.11 Å². The van der Waals surface area contributed by atoms with Crippen molar-refractivity contribution in [2.75, 3.05) is 13.6 Å². The maximum atomic E-state index is 13.9. The van der Waals surface area contributed by atoms with E-state index in [2.05, 4.69) is 10.0 Å². The molecular formula is C13H10F4N4O. The Bertz CT molecular complexity index is 696. The van der Waals surface area contributed by atoms with E-state index in [1.165, 1.54) is 0 Å². The number of nitrogens with zero attached hydrogens (tertiary/aromatic N) is 4. The highest BCUT2D eigenvalue weighted by Gasteiger charge is 2.25. The lowest BCUT2D eigenvalue weighted by Crippen LogP contribution is -2.28. The molecule has 0 radical (unpaired) electrons. The number of hydrogen-bond acceptors (Lipinski definition) is 3. The van der Waals surface area contributed by atoms with Crippen molar-refractivity contribution in [1.82, 2.24) is 4.90 Å². The summed E-state index contributed by atoms with van der Waals surface area (Å²) in [6, 6.07) is 0. The summed E-state index contributed by atoms with van der Waals surface area (Å²) in [5.41, 5.74) is 6.09. The van der Waals surface area contributed by atoms with Crippen molar-refractivity contribution in [1.29, 1.82) is 0 Å². The van der Waals surface area contributed by atoms with E-state index < -0.39 is 34.5 Å². The van der Waals surface area contributed by atoms with Crippen LogP contribution in [0.3, 0.4) is 0 Å². The average molecular weight is 314 g/mol. The number of rotatable bonds is 2. The third kappa shape index (κ3) is 2.75. The lowest BCUT2D eigenvalue weighted by atomic mass is 10.0. The zero-order chi connectivity index (χ0) is 16.4. The lowest BCUT2D eigenvalue weighted by Gasteiger charge is -2.27. The highest BCUT2D eigenvalue weighted by Crippen LogP contribution is 2.32. The highest BCUT2D eigenvalue weighted by atomic mass is 19.2. The Hall–Kier alpha value is -2.54. The van der Waals surface area contributed by atoms with Gasteiger partial charge in [0.1, 0.15) is 11.5 Å². The molecule has 1 aliphatic rings. The maximum Gasteiger partial charge on any atom is 0.172 e. The van der Waals surface area contributed by atoms with Gasteiger partial charge in [-0.3, -0.25) is 4.79 Å².